The van der Waals surface area contributed by atoms with Crippen molar-refractivity contribution in [1.82, 2.24) is 20.2 Å². The average Bonchev–Trinajstić information content (AvgIpc) is 3.75. The number of halogens is 6. The van der Waals surface area contributed by atoms with Gasteiger partial charge >= 0.3 is 18.3 Å². The Morgan fingerprint density at radius 2 is 1.10 bits per heavy atom. The number of hydrogen-bond donors (Lipinski definition) is 2. The molecule has 4 heterocycles. The molecule has 9 nitrogen and oxygen atoms in total. The summed E-state index contributed by atoms with van der Waals surface area (Å²) in [5, 5.41) is 15.8. The smallest absolute Gasteiger partial charge is 0.416 e. The van der Waals surface area contributed by atoms with Crippen LogP contribution in [-0.4, -0.2) is 82.4 Å². The second kappa shape index (κ2) is 17.1. The van der Waals surface area contributed by atoms with E-state index in [1.165, 1.54) is 41.0 Å². The Morgan fingerprint density at radius 1 is 0.706 bits per heavy atom. The molecule has 2 aliphatic rings. The van der Waals surface area contributed by atoms with Gasteiger partial charge in [-0.05, 0) is 52.0 Å². The van der Waals surface area contributed by atoms with Crippen molar-refractivity contribution in [3.8, 4) is 21.1 Å². The average molecular weight is 759 g/mol. The molecule has 2 saturated heterocycles. The SMILES string of the molecule is CC1CN(C(=O)c2csc(-c3ccc(C(F)(F)F)cc3)n2)CC(C)O1.CC1CNCC(C)O1.O=C(O)c1csc(-c2ccc(C(F)(F)F)cc2)n1. The van der Waals surface area contributed by atoms with Crippen molar-refractivity contribution >= 4 is 34.6 Å². The molecule has 0 radical (unpaired) electrons. The number of amides is 1. The number of nitrogens with one attached hydrogen (secondary N) is 1. The standard InChI is InChI=1S/C17H17F3N2O2S.C11H6F3NO2S.C6H13NO/c1-10-7-22(8-11(2)24-10)16(23)14-9-25-15(21-14)12-3-5-13(6-4-12)17(18,19)20;12-11(13,14)7-3-1-6(2-4-7)9-15-8(5-18-9)10(16)17;1-5-3-7-4-6(2)8-5/h3-6,9-11H,7-8H2,1-2H3;1-5H,(H,16,17);5-7H,3-4H2,1-2H3. The van der Waals surface area contributed by atoms with Crippen LogP contribution in [0.25, 0.3) is 21.1 Å². The largest absolute Gasteiger partial charge is 0.476 e. The number of carbonyl (C=O) groups excluding carboxylic acids is 1. The Labute approximate surface area is 298 Å². The van der Waals surface area contributed by atoms with Crippen LogP contribution in [0.2, 0.25) is 0 Å². The predicted molar refractivity (Wildman–Crippen MR) is 181 cm³/mol. The number of nitrogens with zero attached hydrogens (tertiary/aromatic N) is 3. The van der Waals surface area contributed by atoms with Crippen LogP contribution < -0.4 is 5.32 Å². The summed E-state index contributed by atoms with van der Waals surface area (Å²) < 4.78 is 85.9. The summed E-state index contributed by atoms with van der Waals surface area (Å²) in [5.74, 6) is -1.35. The highest BCUT2D eigenvalue weighted by molar-refractivity contribution is 7.13. The molecule has 0 spiro atoms. The van der Waals surface area contributed by atoms with Crippen LogP contribution in [0.5, 0.6) is 0 Å². The first kappa shape index (κ1) is 39.9. The molecule has 4 aromatic rings. The topological polar surface area (TPSA) is 114 Å². The first-order chi connectivity index (χ1) is 23.9. The van der Waals surface area contributed by atoms with Gasteiger partial charge in [0, 0.05) is 48.1 Å². The van der Waals surface area contributed by atoms with Crippen LogP contribution in [0.1, 0.15) is 59.8 Å². The lowest BCUT2D eigenvalue weighted by Crippen LogP contribution is -2.48. The highest BCUT2D eigenvalue weighted by Crippen LogP contribution is 2.33. The van der Waals surface area contributed by atoms with Gasteiger partial charge in [0.05, 0.1) is 35.5 Å². The quantitative estimate of drug-likeness (QED) is 0.202. The van der Waals surface area contributed by atoms with E-state index in [4.69, 9.17) is 14.6 Å². The molecule has 4 atom stereocenters. The number of aromatic nitrogens is 2. The Balaban J connectivity index is 0.000000194. The maximum absolute atomic E-state index is 12.6. The minimum Gasteiger partial charge on any atom is -0.476 e. The van der Waals surface area contributed by atoms with Gasteiger partial charge in [-0.1, -0.05) is 24.3 Å². The molecule has 0 saturated carbocycles. The monoisotopic (exact) mass is 758 g/mol. The van der Waals surface area contributed by atoms with Crippen LogP contribution in [-0.2, 0) is 21.8 Å². The molecule has 1 amide bonds. The Bertz CT molecular complexity index is 1730. The van der Waals surface area contributed by atoms with Gasteiger partial charge in [-0.25, -0.2) is 14.8 Å². The van der Waals surface area contributed by atoms with E-state index in [1.807, 2.05) is 13.8 Å². The van der Waals surface area contributed by atoms with Crippen LogP contribution >= 0.6 is 22.7 Å². The maximum atomic E-state index is 12.6. The van der Waals surface area contributed by atoms with E-state index in [2.05, 4.69) is 29.1 Å². The van der Waals surface area contributed by atoms with Gasteiger partial charge in [0.1, 0.15) is 15.7 Å². The van der Waals surface area contributed by atoms with Crippen molar-refractivity contribution in [2.45, 2.75) is 64.5 Å². The zero-order chi connectivity index (χ0) is 37.5. The van der Waals surface area contributed by atoms with E-state index >= 15 is 0 Å². The van der Waals surface area contributed by atoms with E-state index in [0.717, 1.165) is 48.7 Å². The van der Waals surface area contributed by atoms with Crippen LogP contribution in [0, 0.1) is 0 Å². The van der Waals surface area contributed by atoms with Gasteiger partial charge in [-0.2, -0.15) is 26.3 Å². The van der Waals surface area contributed by atoms with Gasteiger partial charge in [0.15, 0.2) is 5.69 Å². The fourth-order valence-corrected chi connectivity index (χ4v) is 6.70. The van der Waals surface area contributed by atoms with Crippen LogP contribution in [0.15, 0.2) is 59.3 Å². The molecule has 0 bridgehead atoms. The van der Waals surface area contributed by atoms with Crippen molar-refractivity contribution in [1.29, 1.82) is 0 Å². The molecule has 51 heavy (non-hydrogen) atoms. The molecule has 17 heteroatoms. The normalized spacial score (nSPS) is 20.8. The highest BCUT2D eigenvalue weighted by Gasteiger charge is 2.31. The summed E-state index contributed by atoms with van der Waals surface area (Å²) >= 11 is 2.31. The molecule has 2 fully saturated rings. The van der Waals surface area contributed by atoms with Crippen LogP contribution in [0.3, 0.4) is 0 Å². The van der Waals surface area contributed by atoms with Crippen LogP contribution in [0.4, 0.5) is 26.3 Å². The summed E-state index contributed by atoms with van der Waals surface area (Å²) in [6.07, 6.45) is -8.03. The third-order valence-electron chi connectivity index (χ3n) is 7.40. The number of aromatic carboxylic acids is 1. The first-order valence-electron chi connectivity index (χ1n) is 15.7. The Morgan fingerprint density at radius 3 is 1.45 bits per heavy atom. The van der Waals surface area contributed by atoms with E-state index in [9.17, 15) is 35.9 Å². The van der Waals surface area contributed by atoms with Crippen molar-refractivity contribution in [3.63, 3.8) is 0 Å². The third-order valence-corrected chi connectivity index (χ3v) is 9.18. The summed E-state index contributed by atoms with van der Waals surface area (Å²) in [6.45, 7) is 11.0. The van der Waals surface area contributed by atoms with E-state index < -0.39 is 29.4 Å². The lowest BCUT2D eigenvalue weighted by molar-refractivity contribution is -0.138. The Hall–Kier alpha value is -3.90. The van der Waals surface area contributed by atoms with E-state index in [1.54, 1.807) is 10.3 Å². The Kier molecular flexibility index (Phi) is 13.4. The van der Waals surface area contributed by atoms with Gasteiger partial charge in [0.2, 0.25) is 0 Å². The molecule has 2 aromatic heterocycles. The second-order valence-corrected chi connectivity index (χ2v) is 13.6. The second-order valence-electron chi connectivity index (χ2n) is 11.9. The molecule has 276 valence electrons. The fourth-order valence-electron chi connectivity index (χ4n) is 5.10. The fraction of sp³-hybridized carbons (Fsp3) is 0.412. The molecule has 0 aliphatic carbocycles. The first-order valence-corrected chi connectivity index (χ1v) is 17.5. The number of hydrogen-bond acceptors (Lipinski definition) is 9. The highest BCUT2D eigenvalue weighted by atomic mass is 32.1. The molecule has 2 aromatic carbocycles. The molecule has 4 unspecified atom stereocenters. The van der Waals surface area contributed by atoms with Gasteiger partial charge in [-0.3, -0.25) is 4.79 Å². The lowest BCUT2D eigenvalue weighted by atomic mass is 10.1. The predicted octanol–water partition coefficient (Wildman–Crippen LogP) is 7.99. The molecule has 2 N–H and O–H groups in total. The molecule has 2 aliphatic heterocycles. The summed E-state index contributed by atoms with van der Waals surface area (Å²) in [6, 6.07) is 9.20. The molecular formula is C34H36F6N4O5S2. The van der Waals surface area contributed by atoms with Gasteiger partial charge < -0.3 is 24.8 Å². The number of carbonyl (C=O) groups is 2. The zero-order valence-corrected chi connectivity index (χ0v) is 29.6. The van der Waals surface area contributed by atoms with Crippen molar-refractivity contribution in [2.24, 2.45) is 0 Å². The van der Waals surface area contributed by atoms with Crippen molar-refractivity contribution < 1.29 is 50.5 Å². The van der Waals surface area contributed by atoms with Crippen molar-refractivity contribution in [3.05, 3.63) is 81.8 Å². The summed E-state index contributed by atoms with van der Waals surface area (Å²) in [4.78, 5) is 33.0. The van der Waals surface area contributed by atoms with Gasteiger partial charge in [0.25, 0.3) is 5.91 Å². The number of morpholine rings is 2. The number of thiazole rings is 2. The third kappa shape index (κ3) is 11.6. The minimum absolute atomic E-state index is 0.0410. The number of benzene rings is 2. The van der Waals surface area contributed by atoms with Gasteiger partial charge in [-0.15, -0.1) is 22.7 Å². The number of rotatable bonds is 4. The number of alkyl halides is 6. The van der Waals surface area contributed by atoms with E-state index in [-0.39, 0.29) is 23.8 Å². The number of carboxylic acid groups (broad SMARTS) is 1. The molecule has 6 rings (SSSR count). The zero-order valence-electron chi connectivity index (χ0n) is 27.9. The summed E-state index contributed by atoms with van der Waals surface area (Å²) in [5.41, 5.74) is -0.251. The van der Waals surface area contributed by atoms with E-state index in [0.29, 0.717) is 52.1 Å². The minimum atomic E-state index is -4.38. The lowest BCUT2D eigenvalue weighted by Gasteiger charge is -2.34. The summed E-state index contributed by atoms with van der Waals surface area (Å²) in [7, 11) is 0. The number of ether oxygens (including phenoxy) is 2. The molecular weight excluding hydrogens is 723 g/mol. The number of carboxylic acids is 1. The van der Waals surface area contributed by atoms with Crippen molar-refractivity contribution in [2.75, 3.05) is 26.2 Å². The maximum Gasteiger partial charge on any atom is 0.416 e.